The molecule has 0 spiro atoms. The predicted octanol–water partition coefficient (Wildman–Crippen LogP) is 3.75. The summed E-state index contributed by atoms with van der Waals surface area (Å²) < 4.78 is 8.25. The van der Waals surface area contributed by atoms with Crippen LogP contribution in [0.5, 0.6) is 5.75 Å². The largest absolute Gasteiger partial charge is 0.497 e. The summed E-state index contributed by atoms with van der Waals surface area (Å²) in [5.74, 6) is 1.60. The molecule has 1 unspecified atom stereocenters. The first kappa shape index (κ1) is 11.8. The Hall–Kier alpha value is -1.29. The van der Waals surface area contributed by atoms with Gasteiger partial charge >= 0.3 is 0 Å². The zero-order valence-corrected chi connectivity index (χ0v) is 11.8. The fourth-order valence-corrected chi connectivity index (χ4v) is 2.84. The van der Waals surface area contributed by atoms with E-state index in [2.05, 4.69) is 29.5 Å². The van der Waals surface area contributed by atoms with Crippen LogP contribution in [0.1, 0.15) is 20.3 Å². The molecule has 0 amide bonds. The van der Waals surface area contributed by atoms with Crippen molar-refractivity contribution in [1.82, 2.24) is 9.55 Å². The van der Waals surface area contributed by atoms with E-state index < -0.39 is 0 Å². The Morgan fingerprint density at radius 1 is 1.50 bits per heavy atom. The topological polar surface area (TPSA) is 29.9 Å². The average molecular weight is 262 g/mol. The van der Waals surface area contributed by atoms with Gasteiger partial charge in [0.05, 0.1) is 18.1 Å². The summed E-state index contributed by atoms with van der Waals surface area (Å²) in [4.78, 5) is 3.26. The van der Waals surface area contributed by atoms with Crippen LogP contribution in [-0.2, 0) is 6.54 Å². The summed E-state index contributed by atoms with van der Waals surface area (Å²) in [6.07, 6.45) is 1.29. The number of fused-ring (bicyclic) bond motifs is 1. The predicted molar refractivity (Wildman–Crippen MR) is 75.6 cm³/mol. The lowest BCUT2D eigenvalue weighted by Crippen LogP contribution is -2.03. The van der Waals surface area contributed by atoms with Crippen LogP contribution in [0.25, 0.3) is 11.0 Å². The van der Waals surface area contributed by atoms with Gasteiger partial charge in [0.15, 0.2) is 4.77 Å². The van der Waals surface area contributed by atoms with Crippen LogP contribution in [0.4, 0.5) is 0 Å². The quantitative estimate of drug-likeness (QED) is 0.854. The smallest absolute Gasteiger partial charge is 0.178 e. The van der Waals surface area contributed by atoms with E-state index in [0.29, 0.717) is 5.41 Å². The fourth-order valence-electron chi connectivity index (χ4n) is 2.56. The minimum atomic E-state index is 0.477. The zero-order chi connectivity index (χ0) is 12.9. The van der Waals surface area contributed by atoms with Crippen LogP contribution in [-0.4, -0.2) is 16.7 Å². The van der Waals surface area contributed by atoms with Crippen molar-refractivity contribution in [3.05, 3.63) is 23.0 Å². The number of hydrogen-bond donors (Lipinski definition) is 1. The van der Waals surface area contributed by atoms with Gasteiger partial charge in [-0.25, -0.2) is 0 Å². The Labute approximate surface area is 112 Å². The summed E-state index contributed by atoms with van der Waals surface area (Å²) >= 11 is 5.42. The number of imidazole rings is 1. The molecule has 1 fully saturated rings. The summed E-state index contributed by atoms with van der Waals surface area (Å²) in [5.41, 5.74) is 2.70. The first-order valence-electron chi connectivity index (χ1n) is 6.28. The molecule has 3 rings (SSSR count). The molecule has 18 heavy (non-hydrogen) atoms. The molecule has 0 aliphatic heterocycles. The molecule has 0 radical (unpaired) electrons. The molecule has 0 saturated heterocycles. The molecule has 1 N–H and O–H groups in total. The maximum atomic E-state index is 5.42. The maximum Gasteiger partial charge on any atom is 0.178 e. The second-order valence-electron chi connectivity index (χ2n) is 5.81. The minimum absolute atomic E-state index is 0.477. The van der Waals surface area contributed by atoms with Gasteiger partial charge in [0.1, 0.15) is 5.75 Å². The van der Waals surface area contributed by atoms with Gasteiger partial charge in [0.25, 0.3) is 0 Å². The van der Waals surface area contributed by atoms with Crippen molar-refractivity contribution < 1.29 is 4.74 Å². The van der Waals surface area contributed by atoms with Gasteiger partial charge in [-0.15, -0.1) is 0 Å². The SMILES string of the molecule is COc1ccc2c(c1)[nH]c(=S)n2CC1CC1(C)C. The van der Waals surface area contributed by atoms with Gasteiger partial charge in [-0.2, -0.15) is 0 Å². The van der Waals surface area contributed by atoms with E-state index >= 15 is 0 Å². The Morgan fingerprint density at radius 2 is 2.22 bits per heavy atom. The van der Waals surface area contributed by atoms with Crippen LogP contribution in [0.3, 0.4) is 0 Å². The van der Waals surface area contributed by atoms with Gasteiger partial charge in [0, 0.05) is 12.6 Å². The van der Waals surface area contributed by atoms with E-state index in [9.17, 15) is 0 Å². The number of nitrogens with one attached hydrogen (secondary N) is 1. The summed E-state index contributed by atoms with van der Waals surface area (Å²) in [6, 6.07) is 6.06. The number of aromatic amines is 1. The van der Waals surface area contributed by atoms with Crippen LogP contribution in [0, 0.1) is 16.1 Å². The highest BCUT2D eigenvalue weighted by Crippen LogP contribution is 2.52. The van der Waals surface area contributed by atoms with Crippen LogP contribution >= 0.6 is 12.2 Å². The molecule has 4 heteroatoms. The molecule has 96 valence electrons. The lowest BCUT2D eigenvalue weighted by atomic mass is 10.1. The second kappa shape index (κ2) is 3.85. The van der Waals surface area contributed by atoms with Crippen molar-refractivity contribution in [3.8, 4) is 5.75 Å². The summed E-state index contributed by atoms with van der Waals surface area (Å²) in [7, 11) is 1.68. The average Bonchev–Trinajstić information content (AvgIpc) is 2.80. The monoisotopic (exact) mass is 262 g/mol. The number of nitrogens with zero attached hydrogens (tertiary/aromatic N) is 1. The maximum absolute atomic E-state index is 5.42. The number of methoxy groups -OCH3 is 1. The van der Waals surface area contributed by atoms with Crippen molar-refractivity contribution in [1.29, 1.82) is 0 Å². The number of benzene rings is 1. The van der Waals surface area contributed by atoms with E-state index in [1.807, 2.05) is 12.1 Å². The highest BCUT2D eigenvalue weighted by Gasteiger charge is 2.45. The van der Waals surface area contributed by atoms with E-state index in [1.165, 1.54) is 11.9 Å². The van der Waals surface area contributed by atoms with Gasteiger partial charge in [-0.1, -0.05) is 13.8 Å². The highest BCUT2D eigenvalue weighted by atomic mass is 32.1. The fraction of sp³-hybridized carbons (Fsp3) is 0.500. The van der Waals surface area contributed by atoms with Gasteiger partial charge in [-0.3, -0.25) is 0 Å². The third kappa shape index (κ3) is 1.85. The third-order valence-corrected chi connectivity index (χ3v) is 4.42. The molecule has 1 atom stereocenters. The molecule has 2 aromatic rings. The van der Waals surface area contributed by atoms with E-state index in [0.717, 1.165) is 28.5 Å². The molecule has 1 saturated carbocycles. The molecule has 3 nitrogen and oxygen atoms in total. The molecule has 1 aliphatic carbocycles. The Morgan fingerprint density at radius 3 is 2.83 bits per heavy atom. The zero-order valence-electron chi connectivity index (χ0n) is 11.0. The molecule has 1 aromatic heterocycles. The highest BCUT2D eigenvalue weighted by molar-refractivity contribution is 7.71. The van der Waals surface area contributed by atoms with Crippen molar-refractivity contribution in [2.75, 3.05) is 7.11 Å². The summed E-state index contributed by atoms with van der Waals surface area (Å²) in [6.45, 7) is 5.65. The Kier molecular flexibility index (Phi) is 2.52. The Bertz CT molecular complexity index is 653. The Balaban J connectivity index is 2.01. The molecule has 1 heterocycles. The molecular formula is C14H18N2OS. The third-order valence-electron chi connectivity index (χ3n) is 4.10. The number of hydrogen-bond acceptors (Lipinski definition) is 2. The lowest BCUT2D eigenvalue weighted by molar-refractivity contribution is 0.415. The van der Waals surface area contributed by atoms with Crippen molar-refractivity contribution in [3.63, 3.8) is 0 Å². The molecular weight excluding hydrogens is 244 g/mol. The molecule has 1 aromatic carbocycles. The van der Waals surface area contributed by atoms with Gasteiger partial charge < -0.3 is 14.3 Å². The van der Waals surface area contributed by atoms with E-state index in [4.69, 9.17) is 17.0 Å². The van der Waals surface area contributed by atoms with Crippen LogP contribution in [0.2, 0.25) is 0 Å². The van der Waals surface area contributed by atoms with Crippen LogP contribution in [0.15, 0.2) is 18.2 Å². The lowest BCUT2D eigenvalue weighted by Gasteiger charge is -2.06. The van der Waals surface area contributed by atoms with Crippen molar-refractivity contribution >= 4 is 23.3 Å². The van der Waals surface area contributed by atoms with Crippen LogP contribution < -0.4 is 4.74 Å². The minimum Gasteiger partial charge on any atom is -0.497 e. The second-order valence-corrected chi connectivity index (χ2v) is 6.20. The number of ether oxygens (including phenoxy) is 1. The number of H-pyrrole nitrogens is 1. The van der Waals surface area contributed by atoms with Crippen molar-refractivity contribution in [2.24, 2.45) is 11.3 Å². The van der Waals surface area contributed by atoms with E-state index in [1.54, 1.807) is 7.11 Å². The summed E-state index contributed by atoms with van der Waals surface area (Å²) in [5, 5.41) is 0. The number of rotatable bonds is 3. The first-order valence-corrected chi connectivity index (χ1v) is 6.68. The van der Waals surface area contributed by atoms with E-state index in [-0.39, 0.29) is 0 Å². The number of aromatic nitrogens is 2. The van der Waals surface area contributed by atoms with Crippen molar-refractivity contribution in [2.45, 2.75) is 26.8 Å². The van der Waals surface area contributed by atoms with Gasteiger partial charge in [0.2, 0.25) is 0 Å². The molecule has 1 aliphatic rings. The normalized spacial score (nSPS) is 21.2. The standard InChI is InChI=1S/C14H18N2OS/c1-14(2)7-9(14)8-16-12-5-4-10(17-3)6-11(12)15-13(16)18/h4-6,9H,7-8H2,1-3H3,(H,15,18). The molecule has 0 bridgehead atoms. The first-order chi connectivity index (χ1) is 8.51. The van der Waals surface area contributed by atoms with Gasteiger partial charge in [-0.05, 0) is 42.1 Å².